The molecule has 0 bridgehead atoms. The normalized spacial score (nSPS) is 14.7. The number of phosphoric acid groups is 2. The number of rotatable bonds is 60. The quantitative estimate of drug-likeness (QED) is 0.0222. The molecule has 0 aromatic carbocycles. The average molecular weight is 1190 g/mol. The molecule has 0 saturated carbocycles. The molecule has 0 aliphatic rings. The molecule has 17 nitrogen and oxygen atoms in total. The summed E-state index contributed by atoms with van der Waals surface area (Å²) in [6.45, 7) is 9.37. The van der Waals surface area contributed by atoms with Gasteiger partial charge in [0.25, 0.3) is 0 Å². The summed E-state index contributed by atoms with van der Waals surface area (Å²) < 4.78 is 67.7. The maximum atomic E-state index is 12.9. The molecule has 0 aromatic rings. The highest BCUT2D eigenvalue weighted by Crippen LogP contribution is 2.45. The van der Waals surface area contributed by atoms with E-state index in [9.17, 15) is 43.2 Å². The fourth-order valence-electron chi connectivity index (χ4n) is 8.97. The molecule has 19 heteroatoms. The van der Waals surface area contributed by atoms with Crippen molar-refractivity contribution in [2.24, 2.45) is 11.8 Å². The zero-order valence-electron chi connectivity index (χ0n) is 51.4. The van der Waals surface area contributed by atoms with Crippen LogP contribution in [0.25, 0.3) is 0 Å². The lowest BCUT2D eigenvalue weighted by atomic mass is 9.99. The highest BCUT2D eigenvalue weighted by molar-refractivity contribution is 7.47. The predicted molar refractivity (Wildman–Crippen MR) is 317 cm³/mol. The van der Waals surface area contributed by atoms with Crippen LogP contribution in [0, 0.1) is 11.8 Å². The highest BCUT2D eigenvalue weighted by Gasteiger charge is 2.30. The van der Waals surface area contributed by atoms with E-state index in [1.165, 1.54) is 109 Å². The third-order valence-corrected chi connectivity index (χ3v) is 16.2. The van der Waals surface area contributed by atoms with Gasteiger partial charge in [0, 0.05) is 25.7 Å². The molecule has 80 heavy (non-hydrogen) atoms. The zero-order valence-corrected chi connectivity index (χ0v) is 53.2. The van der Waals surface area contributed by atoms with Crippen LogP contribution in [0.1, 0.15) is 298 Å². The summed E-state index contributed by atoms with van der Waals surface area (Å²) in [6.07, 6.45) is 35.1. The van der Waals surface area contributed by atoms with Crippen molar-refractivity contribution in [3.05, 3.63) is 0 Å². The molecule has 0 rings (SSSR count). The van der Waals surface area contributed by atoms with Gasteiger partial charge >= 0.3 is 39.5 Å². The number of aliphatic hydroxyl groups excluding tert-OH is 1. The SMILES string of the molecule is CCCCCCCCCCCC(=O)O[C@H](COC(=O)CCCCCCC)COP(=O)(O)OC[C@H](O)COP(=O)(O)OC[C@@H](COC(=O)CCCCCCCCCCC(C)CC)OC(=O)CCCCCCCCCCCCCC(C)C. The Morgan fingerprint density at radius 1 is 0.362 bits per heavy atom. The second-order valence-electron chi connectivity index (χ2n) is 22.8. The van der Waals surface area contributed by atoms with E-state index in [0.717, 1.165) is 108 Å². The number of unbranched alkanes of at least 4 members (excludes halogenated alkanes) is 29. The van der Waals surface area contributed by atoms with Gasteiger partial charge in [-0.2, -0.15) is 0 Å². The molecule has 0 radical (unpaired) electrons. The summed E-state index contributed by atoms with van der Waals surface area (Å²) in [5.74, 6) is -0.607. The van der Waals surface area contributed by atoms with Gasteiger partial charge in [-0.25, -0.2) is 9.13 Å². The summed E-state index contributed by atoms with van der Waals surface area (Å²) in [6, 6.07) is 0. The minimum Gasteiger partial charge on any atom is -0.462 e. The van der Waals surface area contributed by atoms with Crippen LogP contribution >= 0.6 is 15.6 Å². The monoisotopic (exact) mass is 1180 g/mol. The van der Waals surface area contributed by atoms with Crippen LogP contribution in [-0.2, 0) is 65.4 Å². The van der Waals surface area contributed by atoms with E-state index in [-0.39, 0.29) is 25.7 Å². The molecule has 0 aromatic heterocycles. The van der Waals surface area contributed by atoms with Gasteiger partial charge in [0.1, 0.15) is 19.3 Å². The van der Waals surface area contributed by atoms with E-state index in [4.69, 9.17) is 37.0 Å². The van der Waals surface area contributed by atoms with E-state index in [1.54, 1.807) is 0 Å². The zero-order chi connectivity index (χ0) is 59.4. The molecule has 474 valence electrons. The predicted octanol–water partition coefficient (Wildman–Crippen LogP) is 16.5. The van der Waals surface area contributed by atoms with Gasteiger partial charge in [-0.3, -0.25) is 37.3 Å². The van der Waals surface area contributed by atoms with Gasteiger partial charge in [0.15, 0.2) is 12.2 Å². The number of esters is 4. The number of aliphatic hydroxyl groups is 1. The van der Waals surface area contributed by atoms with Gasteiger partial charge < -0.3 is 33.8 Å². The van der Waals surface area contributed by atoms with Crippen molar-refractivity contribution < 1.29 is 80.2 Å². The van der Waals surface area contributed by atoms with Crippen LogP contribution in [-0.4, -0.2) is 96.7 Å². The lowest BCUT2D eigenvalue weighted by molar-refractivity contribution is -0.161. The lowest BCUT2D eigenvalue weighted by Crippen LogP contribution is -2.30. The molecule has 0 aliphatic heterocycles. The van der Waals surface area contributed by atoms with Crippen LogP contribution in [0.15, 0.2) is 0 Å². The van der Waals surface area contributed by atoms with Crippen LogP contribution in [0.2, 0.25) is 0 Å². The van der Waals surface area contributed by atoms with Crippen LogP contribution in [0.5, 0.6) is 0 Å². The van der Waals surface area contributed by atoms with E-state index in [2.05, 4.69) is 41.5 Å². The molecule has 3 N–H and O–H groups in total. The van der Waals surface area contributed by atoms with E-state index >= 15 is 0 Å². The Morgan fingerprint density at radius 2 is 0.637 bits per heavy atom. The standard InChI is InChI=1S/C61H118O17P2/c1-7-10-12-14-15-19-27-33-39-45-60(65)77-56(49-71-58(63)43-37-29-13-11-8-2)51-75-79(67,68)73-47-55(62)48-74-80(69,70)76-52-57(50-72-59(64)44-38-32-26-23-22-25-31-36-42-54(6)9-3)78-61(66)46-40-34-28-21-18-16-17-20-24-30-35-41-53(4)5/h53-57,62H,7-52H2,1-6H3,(H,67,68)(H,69,70)/t54?,55-,56+,57+/m0/s1. The minimum absolute atomic E-state index is 0.104. The number of ether oxygens (including phenoxy) is 4. The Morgan fingerprint density at radius 3 is 0.950 bits per heavy atom. The molecular formula is C61H118O17P2. The van der Waals surface area contributed by atoms with Crippen LogP contribution in [0.3, 0.4) is 0 Å². The molecule has 0 saturated heterocycles. The molecule has 6 atom stereocenters. The van der Waals surface area contributed by atoms with Crippen molar-refractivity contribution in [3.8, 4) is 0 Å². The second kappa shape index (κ2) is 53.8. The Balaban J connectivity index is 5.19. The fourth-order valence-corrected chi connectivity index (χ4v) is 10.5. The van der Waals surface area contributed by atoms with Gasteiger partial charge in [0.05, 0.1) is 26.4 Å². The van der Waals surface area contributed by atoms with Gasteiger partial charge in [0.2, 0.25) is 0 Å². The first-order valence-electron chi connectivity index (χ1n) is 32.0. The largest absolute Gasteiger partial charge is 0.472 e. The first-order chi connectivity index (χ1) is 38.4. The van der Waals surface area contributed by atoms with Crippen LogP contribution in [0.4, 0.5) is 0 Å². The van der Waals surface area contributed by atoms with Crippen LogP contribution < -0.4 is 0 Å². The Hall–Kier alpha value is -1.94. The van der Waals surface area contributed by atoms with Gasteiger partial charge in [-0.05, 0) is 37.5 Å². The van der Waals surface area contributed by atoms with Crippen molar-refractivity contribution >= 4 is 39.5 Å². The molecule has 0 fully saturated rings. The highest BCUT2D eigenvalue weighted by atomic mass is 31.2. The third-order valence-electron chi connectivity index (χ3n) is 14.3. The first-order valence-corrected chi connectivity index (χ1v) is 35.0. The fraction of sp³-hybridized carbons (Fsp3) is 0.934. The molecule has 0 aliphatic carbocycles. The number of hydrogen-bond acceptors (Lipinski definition) is 15. The number of phosphoric ester groups is 2. The molecular weight excluding hydrogens is 1070 g/mol. The topological polar surface area (TPSA) is 237 Å². The number of hydrogen-bond donors (Lipinski definition) is 3. The Kier molecular flexibility index (Phi) is 52.5. The van der Waals surface area contributed by atoms with Crippen molar-refractivity contribution in [2.45, 2.75) is 317 Å². The van der Waals surface area contributed by atoms with E-state index in [0.29, 0.717) is 25.7 Å². The molecule has 3 unspecified atom stereocenters. The Bertz CT molecular complexity index is 1580. The smallest absolute Gasteiger partial charge is 0.462 e. The Labute approximate surface area is 486 Å². The maximum absolute atomic E-state index is 12.9. The first kappa shape index (κ1) is 78.1. The summed E-state index contributed by atoms with van der Waals surface area (Å²) in [5, 5.41) is 10.5. The summed E-state index contributed by atoms with van der Waals surface area (Å²) in [7, 11) is -9.87. The summed E-state index contributed by atoms with van der Waals surface area (Å²) in [4.78, 5) is 71.8. The minimum atomic E-state index is -4.94. The molecule has 0 spiro atoms. The molecule has 0 amide bonds. The van der Waals surface area contributed by atoms with Crippen molar-refractivity contribution in [2.75, 3.05) is 39.6 Å². The number of carbonyl (C=O) groups excluding carboxylic acids is 4. The van der Waals surface area contributed by atoms with Gasteiger partial charge in [-0.15, -0.1) is 0 Å². The van der Waals surface area contributed by atoms with Crippen molar-refractivity contribution in [3.63, 3.8) is 0 Å². The second-order valence-corrected chi connectivity index (χ2v) is 25.7. The van der Waals surface area contributed by atoms with E-state index < -0.39 is 97.5 Å². The van der Waals surface area contributed by atoms with Gasteiger partial charge in [-0.1, -0.05) is 247 Å². The summed E-state index contributed by atoms with van der Waals surface area (Å²) in [5.41, 5.74) is 0. The average Bonchev–Trinajstić information content (AvgIpc) is 3.42. The molecule has 0 heterocycles. The van der Waals surface area contributed by atoms with Crippen molar-refractivity contribution in [1.82, 2.24) is 0 Å². The summed E-state index contributed by atoms with van der Waals surface area (Å²) >= 11 is 0. The number of carbonyl (C=O) groups is 4. The van der Waals surface area contributed by atoms with Crippen molar-refractivity contribution in [1.29, 1.82) is 0 Å². The lowest BCUT2D eigenvalue weighted by Gasteiger charge is -2.21. The van der Waals surface area contributed by atoms with E-state index in [1.807, 2.05) is 0 Å². The third kappa shape index (κ3) is 54.0. The maximum Gasteiger partial charge on any atom is 0.472 e.